The van der Waals surface area contributed by atoms with Gasteiger partial charge >= 0.3 is 5.97 Å². The summed E-state index contributed by atoms with van der Waals surface area (Å²) in [7, 11) is 0. The summed E-state index contributed by atoms with van der Waals surface area (Å²) in [6.45, 7) is 4.95. The Bertz CT molecular complexity index is 1200. The topological polar surface area (TPSA) is 95.9 Å². The number of hydrogen-bond donors (Lipinski definition) is 3. The third-order valence-corrected chi connectivity index (χ3v) is 15.4. The van der Waals surface area contributed by atoms with Gasteiger partial charge in [0.15, 0.2) is 0 Å². The molecule has 0 bridgehead atoms. The number of ether oxygens (including phenoxy) is 1. The minimum atomic E-state index is -0.672. The quantitative estimate of drug-likeness (QED) is 0.0320. The third-order valence-electron chi connectivity index (χ3n) is 15.4. The van der Waals surface area contributed by atoms with Gasteiger partial charge in [0.25, 0.3) is 0 Å². The zero-order valence-electron chi connectivity index (χ0n) is 49.8. The molecule has 0 rings (SSSR count). The van der Waals surface area contributed by atoms with E-state index in [9.17, 15) is 19.8 Å². The van der Waals surface area contributed by atoms with Gasteiger partial charge in [0.1, 0.15) is 0 Å². The summed E-state index contributed by atoms with van der Waals surface area (Å²) in [5.74, 6) is -0.0441. The number of aliphatic hydroxyl groups excluding tert-OH is 2. The Morgan fingerprint density at radius 1 is 0.378 bits per heavy atom. The minimum Gasteiger partial charge on any atom is -0.466 e. The van der Waals surface area contributed by atoms with Crippen molar-refractivity contribution in [1.29, 1.82) is 0 Å². The minimum absolute atomic E-state index is 0.00186. The molecular weight excluding hydrogens is 911 g/mol. The number of carbonyl (C=O) groups is 2. The van der Waals surface area contributed by atoms with E-state index >= 15 is 0 Å². The highest BCUT2D eigenvalue weighted by Gasteiger charge is 2.20. The number of nitrogens with one attached hydrogen (secondary N) is 1. The molecule has 0 radical (unpaired) electrons. The lowest BCUT2D eigenvalue weighted by molar-refractivity contribution is -0.143. The maximum absolute atomic E-state index is 12.5. The van der Waals surface area contributed by atoms with Gasteiger partial charge in [-0.25, -0.2) is 0 Å². The maximum atomic E-state index is 12.5. The Labute approximate surface area is 462 Å². The van der Waals surface area contributed by atoms with E-state index < -0.39 is 12.1 Å². The van der Waals surface area contributed by atoms with Gasteiger partial charge < -0.3 is 20.3 Å². The molecule has 436 valence electrons. The van der Waals surface area contributed by atoms with E-state index in [0.717, 1.165) is 57.8 Å². The average Bonchev–Trinajstić information content (AvgIpc) is 3.40. The molecule has 6 heteroatoms. The Morgan fingerprint density at radius 2 is 0.676 bits per heavy atom. The van der Waals surface area contributed by atoms with Crippen molar-refractivity contribution in [2.24, 2.45) is 0 Å². The van der Waals surface area contributed by atoms with Gasteiger partial charge in [-0.1, -0.05) is 301 Å². The number of esters is 1. The van der Waals surface area contributed by atoms with Gasteiger partial charge in [0.2, 0.25) is 5.91 Å². The number of hydrogen-bond acceptors (Lipinski definition) is 5. The lowest BCUT2D eigenvalue weighted by Crippen LogP contribution is -2.45. The number of aliphatic hydroxyl groups is 2. The van der Waals surface area contributed by atoms with Gasteiger partial charge in [-0.15, -0.1) is 0 Å². The number of rotatable bonds is 62. The van der Waals surface area contributed by atoms with E-state index in [2.05, 4.69) is 55.6 Å². The van der Waals surface area contributed by atoms with Crippen LogP contribution in [0.3, 0.4) is 0 Å². The van der Waals surface area contributed by atoms with Crippen LogP contribution >= 0.6 is 0 Å². The normalized spacial score (nSPS) is 12.8. The molecule has 0 saturated heterocycles. The van der Waals surface area contributed by atoms with Crippen LogP contribution in [0.25, 0.3) is 0 Å². The molecule has 1 amide bonds. The summed E-state index contributed by atoms with van der Waals surface area (Å²) >= 11 is 0. The van der Waals surface area contributed by atoms with Crippen LogP contribution in [0, 0.1) is 0 Å². The molecule has 2 atom stereocenters. The van der Waals surface area contributed by atoms with E-state index in [1.54, 1.807) is 0 Å². The Morgan fingerprint density at radius 3 is 1.05 bits per heavy atom. The molecule has 0 aromatic carbocycles. The predicted molar refractivity (Wildman–Crippen MR) is 324 cm³/mol. The highest BCUT2D eigenvalue weighted by molar-refractivity contribution is 5.76. The van der Waals surface area contributed by atoms with E-state index in [1.807, 2.05) is 0 Å². The highest BCUT2D eigenvalue weighted by atomic mass is 16.5. The van der Waals surface area contributed by atoms with Crippen LogP contribution in [0.2, 0.25) is 0 Å². The smallest absolute Gasteiger partial charge is 0.305 e. The molecule has 74 heavy (non-hydrogen) atoms. The predicted octanol–water partition coefficient (Wildman–Crippen LogP) is 21.1. The fourth-order valence-corrected chi connectivity index (χ4v) is 10.3. The van der Waals surface area contributed by atoms with Crippen molar-refractivity contribution in [3.63, 3.8) is 0 Å². The van der Waals surface area contributed by atoms with Gasteiger partial charge in [0, 0.05) is 12.8 Å². The fraction of sp³-hybridized carbons (Fsp3) is 0.882. The number of unbranched alkanes of at least 4 members (excludes halogenated alkanes) is 45. The molecule has 0 spiro atoms. The second-order valence-corrected chi connectivity index (χ2v) is 22.8. The summed E-state index contributed by atoms with van der Waals surface area (Å²) < 4.78 is 5.47. The molecule has 6 nitrogen and oxygen atoms in total. The van der Waals surface area contributed by atoms with Crippen molar-refractivity contribution in [1.82, 2.24) is 5.32 Å². The van der Waals surface area contributed by atoms with Crippen molar-refractivity contribution < 1.29 is 24.5 Å². The second kappa shape index (κ2) is 63.6. The molecule has 0 fully saturated rings. The first kappa shape index (κ1) is 72.1. The molecule has 0 saturated carbocycles. The van der Waals surface area contributed by atoms with Gasteiger partial charge in [-0.05, 0) is 83.5 Å². The summed E-state index contributed by atoms with van der Waals surface area (Å²) in [5.41, 5.74) is 0. The largest absolute Gasteiger partial charge is 0.466 e. The zero-order chi connectivity index (χ0) is 53.6. The van der Waals surface area contributed by atoms with Crippen LogP contribution in [-0.4, -0.2) is 47.4 Å². The van der Waals surface area contributed by atoms with Gasteiger partial charge in [0.05, 0.1) is 25.4 Å². The van der Waals surface area contributed by atoms with E-state index in [4.69, 9.17) is 4.74 Å². The monoisotopic (exact) mass is 1040 g/mol. The SMILES string of the molecule is CCCCCC/C=C\CCCCCCCC(=O)OCCCCCCCCCCC/C=C\C/C=C\CCCCCCCCCC(=O)NC(CO)C(O)CCCCCCCCCCCCCCCCCCCCCCC. The van der Waals surface area contributed by atoms with Gasteiger partial charge in [-0.3, -0.25) is 9.59 Å². The molecular formula is C68H129NO5. The number of allylic oxidation sites excluding steroid dienone is 6. The molecule has 0 aliphatic carbocycles. The zero-order valence-corrected chi connectivity index (χ0v) is 49.8. The Kier molecular flexibility index (Phi) is 62.0. The van der Waals surface area contributed by atoms with E-state index in [0.29, 0.717) is 25.9 Å². The summed E-state index contributed by atoms with van der Waals surface area (Å²) in [6, 6.07) is -0.551. The highest BCUT2D eigenvalue weighted by Crippen LogP contribution is 2.18. The first-order chi connectivity index (χ1) is 36.5. The van der Waals surface area contributed by atoms with Crippen LogP contribution in [0.4, 0.5) is 0 Å². The first-order valence-electron chi connectivity index (χ1n) is 33.2. The fourth-order valence-electron chi connectivity index (χ4n) is 10.3. The molecule has 0 aromatic heterocycles. The van der Waals surface area contributed by atoms with Crippen LogP contribution in [0.15, 0.2) is 36.5 Å². The van der Waals surface area contributed by atoms with Crippen LogP contribution in [-0.2, 0) is 14.3 Å². The molecule has 0 heterocycles. The summed E-state index contributed by atoms with van der Waals surface area (Å²) in [4.78, 5) is 24.6. The average molecular weight is 1040 g/mol. The van der Waals surface area contributed by atoms with Crippen molar-refractivity contribution in [3.05, 3.63) is 36.5 Å². The van der Waals surface area contributed by atoms with Crippen molar-refractivity contribution in [2.45, 2.75) is 373 Å². The van der Waals surface area contributed by atoms with Crippen LogP contribution in [0.5, 0.6) is 0 Å². The molecule has 0 aliphatic rings. The Balaban J connectivity index is 3.45. The third kappa shape index (κ3) is 59.3. The van der Waals surface area contributed by atoms with Crippen molar-refractivity contribution in [2.75, 3.05) is 13.2 Å². The van der Waals surface area contributed by atoms with E-state index in [-0.39, 0.29) is 18.5 Å². The molecule has 0 aliphatic heterocycles. The van der Waals surface area contributed by atoms with E-state index in [1.165, 1.54) is 270 Å². The van der Waals surface area contributed by atoms with Crippen molar-refractivity contribution in [3.8, 4) is 0 Å². The molecule has 2 unspecified atom stereocenters. The first-order valence-corrected chi connectivity index (χ1v) is 33.2. The number of amides is 1. The Hall–Kier alpha value is -1.92. The standard InChI is InChI=1S/C68H129NO5/c1-3-5-7-9-11-13-15-17-18-19-20-24-27-30-33-37-40-44-48-52-56-60-66(71)65(64-70)69-67(72)61-57-53-49-45-41-38-34-31-28-25-22-21-23-26-29-32-35-39-43-47-51-55-59-63-74-68(73)62-58-54-50-46-42-36-16-14-12-10-8-6-4-2/h14,16,21,23,25,28,65-66,70-71H,3-13,15,17-20,22,24,26-27,29-64H2,1-2H3,(H,69,72)/b16-14-,23-21-,28-25-. The second-order valence-electron chi connectivity index (χ2n) is 22.8. The van der Waals surface area contributed by atoms with Crippen molar-refractivity contribution >= 4 is 11.9 Å². The lowest BCUT2D eigenvalue weighted by Gasteiger charge is -2.22. The molecule has 0 aromatic rings. The number of carbonyl (C=O) groups excluding carboxylic acids is 2. The summed E-state index contributed by atoms with van der Waals surface area (Å²) in [5, 5.41) is 23.4. The van der Waals surface area contributed by atoms with Gasteiger partial charge in [-0.2, -0.15) is 0 Å². The lowest BCUT2D eigenvalue weighted by atomic mass is 10.0. The molecule has 3 N–H and O–H groups in total. The van der Waals surface area contributed by atoms with Crippen LogP contribution < -0.4 is 5.32 Å². The summed E-state index contributed by atoms with van der Waals surface area (Å²) in [6.07, 6.45) is 80.2. The maximum Gasteiger partial charge on any atom is 0.305 e. The van der Waals surface area contributed by atoms with Crippen LogP contribution in [0.1, 0.15) is 361 Å².